The fourth-order valence-electron chi connectivity index (χ4n) is 1.98. The fourth-order valence-corrected chi connectivity index (χ4v) is 2.45. The Labute approximate surface area is 136 Å². The molecule has 21 heavy (non-hydrogen) atoms. The van der Waals surface area contributed by atoms with Gasteiger partial charge in [-0.15, -0.1) is 0 Å². The van der Waals surface area contributed by atoms with E-state index in [1.54, 1.807) is 37.3 Å². The Hall–Kier alpha value is -1.23. The van der Waals surface area contributed by atoms with E-state index >= 15 is 0 Å². The zero-order valence-corrected chi connectivity index (χ0v) is 13.6. The normalized spacial score (nSPS) is 12.2. The second-order valence-electron chi connectivity index (χ2n) is 4.33. The molecular weight excluding hydrogens is 359 g/mol. The maximum absolute atomic E-state index is 14.2. The SMILES string of the molecule is CCOC(C(=O)c1ccc(Br)c(Cl)c1F)c1ccccc1. The molecule has 5 heteroatoms. The van der Waals surface area contributed by atoms with Gasteiger partial charge in [0, 0.05) is 11.1 Å². The van der Waals surface area contributed by atoms with Gasteiger partial charge < -0.3 is 4.74 Å². The quantitative estimate of drug-likeness (QED) is 0.533. The summed E-state index contributed by atoms with van der Waals surface area (Å²) < 4.78 is 20.1. The van der Waals surface area contributed by atoms with Crippen LogP contribution in [0.3, 0.4) is 0 Å². The first kappa shape index (κ1) is 16.1. The van der Waals surface area contributed by atoms with Gasteiger partial charge in [-0.2, -0.15) is 0 Å². The summed E-state index contributed by atoms with van der Waals surface area (Å²) in [5, 5.41) is -0.107. The standard InChI is InChI=1S/C16H13BrClFO2/c1-2-21-16(10-6-4-3-5-7-10)15(20)11-8-9-12(17)13(18)14(11)19/h3-9,16H,2H2,1H3. The highest BCUT2D eigenvalue weighted by Crippen LogP contribution is 2.31. The van der Waals surface area contributed by atoms with Crippen molar-refractivity contribution in [3.8, 4) is 0 Å². The van der Waals surface area contributed by atoms with E-state index in [0.717, 1.165) is 0 Å². The van der Waals surface area contributed by atoms with E-state index < -0.39 is 17.7 Å². The van der Waals surface area contributed by atoms with Crippen molar-refractivity contribution in [2.24, 2.45) is 0 Å². The second-order valence-corrected chi connectivity index (χ2v) is 5.57. The number of carbonyl (C=O) groups excluding carboxylic acids is 1. The van der Waals surface area contributed by atoms with Gasteiger partial charge in [0.15, 0.2) is 11.6 Å². The van der Waals surface area contributed by atoms with Crippen LogP contribution in [0.5, 0.6) is 0 Å². The first-order valence-corrected chi connectivity index (χ1v) is 7.57. The van der Waals surface area contributed by atoms with Gasteiger partial charge in [0.1, 0.15) is 6.10 Å². The highest BCUT2D eigenvalue weighted by Gasteiger charge is 2.26. The summed E-state index contributed by atoms with van der Waals surface area (Å²) in [6.45, 7) is 2.13. The van der Waals surface area contributed by atoms with Crippen LogP contribution in [0.4, 0.5) is 4.39 Å². The molecule has 0 N–H and O–H groups in total. The van der Waals surface area contributed by atoms with Crippen LogP contribution in [0.1, 0.15) is 28.9 Å². The van der Waals surface area contributed by atoms with Crippen LogP contribution in [0.15, 0.2) is 46.9 Å². The van der Waals surface area contributed by atoms with Crippen LogP contribution < -0.4 is 0 Å². The lowest BCUT2D eigenvalue weighted by molar-refractivity contribution is 0.0449. The number of hydrogen-bond acceptors (Lipinski definition) is 2. The minimum absolute atomic E-state index is 0.0782. The van der Waals surface area contributed by atoms with Gasteiger partial charge in [-0.1, -0.05) is 41.9 Å². The predicted octanol–water partition coefficient (Wildman–Crippen LogP) is 5.20. The monoisotopic (exact) mass is 370 g/mol. The molecule has 0 amide bonds. The van der Waals surface area contributed by atoms with Gasteiger partial charge in [-0.3, -0.25) is 4.79 Å². The summed E-state index contributed by atoms with van der Waals surface area (Å²) in [5.74, 6) is -1.19. The molecule has 0 aliphatic carbocycles. The second kappa shape index (κ2) is 7.16. The largest absolute Gasteiger partial charge is 0.366 e. The lowest BCUT2D eigenvalue weighted by Gasteiger charge is -2.17. The summed E-state index contributed by atoms with van der Waals surface area (Å²) in [4.78, 5) is 12.6. The summed E-state index contributed by atoms with van der Waals surface area (Å²) >= 11 is 8.97. The molecule has 0 spiro atoms. The number of ketones is 1. The van der Waals surface area contributed by atoms with Crippen molar-refractivity contribution in [2.45, 2.75) is 13.0 Å². The Bertz CT molecular complexity index is 646. The summed E-state index contributed by atoms with van der Waals surface area (Å²) in [6.07, 6.45) is -0.844. The highest BCUT2D eigenvalue weighted by atomic mass is 79.9. The molecule has 2 rings (SSSR count). The molecule has 2 nitrogen and oxygen atoms in total. The molecule has 0 saturated heterocycles. The molecule has 0 radical (unpaired) electrons. The highest BCUT2D eigenvalue weighted by molar-refractivity contribution is 9.10. The van der Waals surface area contributed by atoms with Crippen molar-refractivity contribution in [3.63, 3.8) is 0 Å². The number of ether oxygens (including phenoxy) is 1. The van der Waals surface area contributed by atoms with Crippen molar-refractivity contribution in [1.29, 1.82) is 0 Å². The van der Waals surface area contributed by atoms with Gasteiger partial charge in [0.2, 0.25) is 0 Å². The maximum atomic E-state index is 14.2. The van der Waals surface area contributed by atoms with E-state index in [9.17, 15) is 9.18 Å². The molecule has 0 aromatic heterocycles. The Morgan fingerprint density at radius 2 is 1.95 bits per heavy atom. The maximum Gasteiger partial charge on any atom is 0.199 e. The molecule has 0 aliphatic rings. The lowest BCUT2D eigenvalue weighted by atomic mass is 9.99. The molecule has 110 valence electrons. The first-order valence-electron chi connectivity index (χ1n) is 6.40. The number of hydrogen-bond donors (Lipinski definition) is 0. The molecule has 0 aliphatic heterocycles. The Morgan fingerprint density at radius 1 is 1.29 bits per heavy atom. The third-order valence-electron chi connectivity index (χ3n) is 2.97. The number of Topliss-reactive ketones (excluding diaryl/α,β-unsaturated/α-hetero) is 1. The van der Waals surface area contributed by atoms with E-state index in [-0.39, 0.29) is 10.6 Å². The first-order chi connectivity index (χ1) is 10.1. The molecule has 0 saturated carbocycles. The topological polar surface area (TPSA) is 26.3 Å². The van der Waals surface area contributed by atoms with E-state index in [0.29, 0.717) is 16.6 Å². The average Bonchev–Trinajstić information content (AvgIpc) is 2.51. The predicted molar refractivity (Wildman–Crippen MR) is 84.2 cm³/mol. The van der Waals surface area contributed by atoms with Crippen LogP contribution in [-0.2, 0) is 4.74 Å². The van der Waals surface area contributed by atoms with E-state index in [1.807, 2.05) is 6.07 Å². The molecule has 1 unspecified atom stereocenters. The Morgan fingerprint density at radius 3 is 2.57 bits per heavy atom. The van der Waals surface area contributed by atoms with E-state index in [1.165, 1.54) is 6.07 Å². The van der Waals surface area contributed by atoms with Crippen LogP contribution in [0.2, 0.25) is 5.02 Å². The average molecular weight is 372 g/mol. The van der Waals surface area contributed by atoms with Gasteiger partial charge in [0.25, 0.3) is 0 Å². The molecule has 0 bridgehead atoms. The van der Waals surface area contributed by atoms with Crippen molar-refractivity contribution in [1.82, 2.24) is 0 Å². The molecular formula is C16H13BrClFO2. The fraction of sp³-hybridized carbons (Fsp3) is 0.188. The van der Waals surface area contributed by atoms with Crippen molar-refractivity contribution in [2.75, 3.05) is 6.61 Å². The lowest BCUT2D eigenvalue weighted by Crippen LogP contribution is -2.18. The zero-order valence-electron chi connectivity index (χ0n) is 11.3. The molecule has 1 atom stereocenters. The minimum atomic E-state index is -0.844. The van der Waals surface area contributed by atoms with Crippen molar-refractivity contribution in [3.05, 3.63) is 68.9 Å². The van der Waals surface area contributed by atoms with Gasteiger partial charge >= 0.3 is 0 Å². The summed E-state index contributed by atoms with van der Waals surface area (Å²) in [6, 6.07) is 12.0. The van der Waals surface area contributed by atoms with Gasteiger partial charge in [-0.05, 0) is 40.5 Å². The third kappa shape index (κ3) is 3.51. The van der Waals surface area contributed by atoms with Crippen LogP contribution in [0.25, 0.3) is 0 Å². The number of halogens is 3. The zero-order chi connectivity index (χ0) is 15.4. The Kier molecular flexibility index (Phi) is 5.51. The minimum Gasteiger partial charge on any atom is -0.366 e. The Balaban J connectivity index is 2.42. The van der Waals surface area contributed by atoms with E-state index in [4.69, 9.17) is 16.3 Å². The van der Waals surface area contributed by atoms with Crippen molar-refractivity contribution >= 4 is 33.3 Å². The number of benzene rings is 2. The van der Waals surface area contributed by atoms with Gasteiger partial charge in [-0.25, -0.2) is 4.39 Å². The third-order valence-corrected chi connectivity index (χ3v) is 4.23. The smallest absolute Gasteiger partial charge is 0.199 e. The van der Waals surface area contributed by atoms with Crippen LogP contribution >= 0.6 is 27.5 Å². The van der Waals surface area contributed by atoms with Crippen molar-refractivity contribution < 1.29 is 13.9 Å². The summed E-state index contributed by atoms with van der Waals surface area (Å²) in [7, 11) is 0. The molecule has 2 aromatic rings. The van der Waals surface area contributed by atoms with Crippen LogP contribution in [-0.4, -0.2) is 12.4 Å². The molecule has 2 aromatic carbocycles. The van der Waals surface area contributed by atoms with Crippen LogP contribution in [0, 0.1) is 5.82 Å². The molecule has 0 fully saturated rings. The molecule has 0 heterocycles. The number of carbonyl (C=O) groups is 1. The van der Waals surface area contributed by atoms with E-state index in [2.05, 4.69) is 15.9 Å². The summed E-state index contributed by atoms with van der Waals surface area (Å²) in [5.41, 5.74) is 0.605. The number of rotatable bonds is 5. The van der Waals surface area contributed by atoms with Gasteiger partial charge in [0.05, 0.1) is 10.6 Å².